The van der Waals surface area contributed by atoms with Crippen molar-refractivity contribution in [1.82, 2.24) is 0 Å². The highest BCUT2D eigenvalue weighted by molar-refractivity contribution is 5.88. The molecule has 0 saturated carbocycles. The summed E-state index contributed by atoms with van der Waals surface area (Å²) in [6.45, 7) is 9.75. The van der Waals surface area contributed by atoms with Gasteiger partial charge in [-0.1, -0.05) is 67.8 Å². The summed E-state index contributed by atoms with van der Waals surface area (Å²) in [7, 11) is 0. The molecule has 198 valence electrons. The third kappa shape index (κ3) is 11.0. The Balaban J connectivity index is 1.88. The highest BCUT2D eigenvalue weighted by Gasteiger charge is 2.17. The minimum Gasteiger partial charge on any atom is -0.462 e. The maximum Gasteiger partial charge on any atom is 0.335 e. The minimum atomic E-state index is -0.686. The second-order valence-electron chi connectivity index (χ2n) is 9.09. The molecule has 0 atom stereocenters. The number of carbonyl (C=O) groups is 2. The lowest BCUT2D eigenvalue weighted by Gasteiger charge is -2.18. The van der Waals surface area contributed by atoms with Gasteiger partial charge < -0.3 is 19.7 Å². The molecule has 2 N–H and O–H groups in total. The van der Waals surface area contributed by atoms with Crippen LogP contribution in [0.4, 0.5) is 0 Å². The molecule has 0 amide bonds. The predicted octanol–water partition coefficient (Wildman–Crippen LogP) is 4.32. The van der Waals surface area contributed by atoms with Gasteiger partial charge in [0.2, 0.25) is 0 Å². The van der Waals surface area contributed by atoms with E-state index in [0.717, 1.165) is 31.2 Å². The van der Waals surface area contributed by atoms with Crippen molar-refractivity contribution in [3.63, 3.8) is 0 Å². The topological polar surface area (TPSA) is 93.1 Å². The smallest absolute Gasteiger partial charge is 0.335 e. The molecule has 0 aliphatic rings. The van der Waals surface area contributed by atoms with Gasteiger partial charge in [0.15, 0.2) is 0 Å². The van der Waals surface area contributed by atoms with E-state index in [1.807, 2.05) is 6.08 Å². The van der Waals surface area contributed by atoms with Gasteiger partial charge in [-0.15, -0.1) is 6.58 Å². The van der Waals surface area contributed by atoms with Crippen molar-refractivity contribution < 1.29 is 29.3 Å². The van der Waals surface area contributed by atoms with Gasteiger partial charge in [0.1, 0.15) is 0 Å². The fraction of sp³-hybridized carbons (Fsp3) is 0.355. The fourth-order valence-corrected chi connectivity index (χ4v) is 3.61. The van der Waals surface area contributed by atoms with E-state index < -0.39 is 25.2 Å². The van der Waals surface area contributed by atoms with E-state index in [1.165, 1.54) is 16.7 Å². The zero-order valence-electron chi connectivity index (χ0n) is 21.5. The van der Waals surface area contributed by atoms with Crippen LogP contribution < -0.4 is 0 Å². The van der Waals surface area contributed by atoms with Crippen LogP contribution in [0.2, 0.25) is 0 Å². The SMILES string of the molecule is C=CCCc1ccc(CCc2ccc(CCC(COC(=O)C(=C)CO)COC(=O)C(=C)CO)cc2)cc1. The zero-order chi connectivity index (χ0) is 27.0. The molecular formula is C31H38O6. The summed E-state index contributed by atoms with van der Waals surface area (Å²) in [5.41, 5.74) is 4.94. The Kier molecular flexibility index (Phi) is 13.1. The van der Waals surface area contributed by atoms with Crippen LogP contribution in [0.1, 0.15) is 35.1 Å². The summed E-state index contributed by atoms with van der Waals surface area (Å²) in [6.07, 6.45) is 7.18. The second kappa shape index (κ2) is 16.3. The zero-order valence-corrected chi connectivity index (χ0v) is 21.5. The van der Waals surface area contributed by atoms with Crippen LogP contribution in [0.15, 0.2) is 85.5 Å². The molecule has 0 radical (unpaired) electrons. The standard InChI is InChI=1S/C31H38O6/c1-4-5-6-25-7-9-26(10-8-25)11-12-27-13-15-28(16-14-27)17-18-29(21-36-30(34)23(2)19-32)22-37-31(35)24(3)20-33/h4,7-10,13-16,29,32-33H,1-3,5-6,11-12,17-22H2. The number of hydrogen-bond donors (Lipinski definition) is 2. The van der Waals surface area contributed by atoms with Gasteiger partial charge in [-0.05, 0) is 60.8 Å². The van der Waals surface area contributed by atoms with Crippen LogP contribution in [0.5, 0.6) is 0 Å². The molecule has 0 aliphatic carbocycles. The molecule has 0 saturated heterocycles. The first-order valence-corrected chi connectivity index (χ1v) is 12.5. The lowest BCUT2D eigenvalue weighted by atomic mass is 9.98. The molecule has 0 bridgehead atoms. The molecule has 2 aromatic carbocycles. The number of ether oxygens (including phenoxy) is 2. The monoisotopic (exact) mass is 506 g/mol. The first-order chi connectivity index (χ1) is 17.9. The molecule has 6 nitrogen and oxygen atoms in total. The minimum absolute atomic E-state index is 0.0151. The molecule has 37 heavy (non-hydrogen) atoms. The van der Waals surface area contributed by atoms with E-state index >= 15 is 0 Å². The van der Waals surface area contributed by atoms with Gasteiger partial charge in [0.05, 0.1) is 37.6 Å². The first kappa shape index (κ1) is 29.7. The molecule has 0 aliphatic heterocycles. The van der Waals surface area contributed by atoms with Crippen molar-refractivity contribution in [3.05, 3.63) is 108 Å². The van der Waals surface area contributed by atoms with Gasteiger partial charge in [0, 0.05) is 5.92 Å². The first-order valence-electron chi connectivity index (χ1n) is 12.5. The van der Waals surface area contributed by atoms with Crippen LogP contribution >= 0.6 is 0 Å². The van der Waals surface area contributed by atoms with Gasteiger partial charge in [-0.25, -0.2) is 9.59 Å². The molecule has 0 heterocycles. The quantitative estimate of drug-likeness (QED) is 0.189. The van der Waals surface area contributed by atoms with Crippen LogP contribution in [0, 0.1) is 5.92 Å². The Bertz CT molecular complexity index is 1000. The number of esters is 2. The molecule has 0 unspecified atom stereocenters. The second-order valence-corrected chi connectivity index (χ2v) is 9.09. The maximum atomic E-state index is 11.9. The van der Waals surface area contributed by atoms with Crippen LogP contribution in [0.25, 0.3) is 0 Å². The van der Waals surface area contributed by atoms with Crippen molar-refractivity contribution in [2.75, 3.05) is 26.4 Å². The summed E-state index contributed by atoms with van der Waals surface area (Å²) in [5.74, 6) is -1.64. The Morgan fingerprint density at radius 3 is 1.46 bits per heavy atom. The normalized spacial score (nSPS) is 10.7. The van der Waals surface area contributed by atoms with E-state index in [9.17, 15) is 9.59 Å². The molecule has 2 aromatic rings. The van der Waals surface area contributed by atoms with Crippen molar-refractivity contribution in [2.24, 2.45) is 5.92 Å². The summed E-state index contributed by atoms with van der Waals surface area (Å²) in [4.78, 5) is 23.7. The number of allylic oxidation sites excluding steroid dienone is 1. The fourth-order valence-electron chi connectivity index (χ4n) is 3.61. The van der Waals surface area contributed by atoms with Crippen molar-refractivity contribution in [2.45, 2.75) is 38.5 Å². The summed E-state index contributed by atoms with van der Waals surface area (Å²) >= 11 is 0. The number of hydrogen-bond acceptors (Lipinski definition) is 6. The lowest BCUT2D eigenvalue weighted by Crippen LogP contribution is -2.23. The number of aliphatic hydroxyl groups is 2. The average molecular weight is 507 g/mol. The molecule has 0 spiro atoms. The van der Waals surface area contributed by atoms with Crippen LogP contribution in [0.3, 0.4) is 0 Å². The van der Waals surface area contributed by atoms with Gasteiger partial charge in [-0.2, -0.15) is 0 Å². The lowest BCUT2D eigenvalue weighted by molar-refractivity contribution is -0.144. The van der Waals surface area contributed by atoms with Crippen molar-refractivity contribution in [1.29, 1.82) is 0 Å². The van der Waals surface area contributed by atoms with Gasteiger partial charge in [-0.3, -0.25) is 0 Å². The number of carbonyl (C=O) groups excluding carboxylic acids is 2. The Morgan fingerprint density at radius 2 is 1.08 bits per heavy atom. The van der Waals surface area contributed by atoms with Crippen molar-refractivity contribution in [3.8, 4) is 0 Å². The number of rotatable bonds is 17. The molecule has 2 rings (SSSR count). The Hall–Kier alpha value is -3.48. The van der Waals surface area contributed by atoms with E-state index in [4.69, 9.17) is 19.7 Å². The number of aryl methyl sites for hydroxylation is 4. The third-order valence-electron chi connectivity index (χ3n) is 6.09. The molecule has 0 fully saturated rings. The number of aliphatic hydroxyl groups excluding tert-OH is 2. The maximum absolute atomic E-state index is 11.9. The molecule has 0 aromatic heterocycles. The third-order valence-corrected chi connectivity index (χ3v) is 6.09. The van der Waals surface area contributed by atoms with Crippen molar-refractivity contribution >= 4 is 11.9 Å². The van der Waals surface area contributed by atoms with Crippen LogP contribution in [-0.2, 0) is 44.7 Å². The average Bonchev–Trinajstić information content (AvgIpc) is 2.94. The number of benzene rings is 2. The van der Waals surface area contributed by atoms with E-state index in [-0.39, 0.29) is 30.3 Å². The van der Waals surface area contributed by atoms with E-state index in [2.05, 4.69) is 68.3 Å². The Labute approximate surface area is 219 Å². The van der Waals surface area contributed by atoms with E-state index in [0.29, 0.717) is 12.8 Å². The highest BCUT2D eigenvalue weighted by Crippen LogP contribution is 2.16. The molecule has 6 heteroatoms. The summed E-state index contributed by atoms with van der Waals surface area (Å²) in [6, 6.07) is 17.2. The molecular weight excluding hydrogens is 468 g/mol. The van der Waals surface area contributed by atoms with Crippen LogP contribution in [-0.4, -0.2) is 48.6 Å². The van der Waals surface area contributed by atoms with E-state index in [1.54, 1.807) is 0 Å². The highest BCUT2D eigenvalue weighted by atomic mass is 16.5. The Morgan fingerprint density at radius 1 is 0.703 bits per heavy atom. The van der Waals surface area contributed by atoms with Gasteiger partial charge >= 0.3 is 11.9 Å². The summed E-state index contributed by atoms with van der Waals surface area (Å²) < 4.78 is 10.4. The predicted molar refractivity (Wildman–Crippen MR) is 145 cm³/mol. The largest absolute Gasteiger partial charge is 0.462 e. The summed E-state index contributed by atoms with van der Waals surface area (Å²) in [5, 5.41) is 18.1. The van der Waals surface area contributed by atoms with Gasteiger partial charge in [0.25, 0.3) is 0 Å².